The molecule has 1 heterocycles. The molecule has 0 saturated carbocycles. The lowest BCUT2D eigenvalue weighted by Crippen LogP contribution is -2.39. The van der Waals surface area contributed by atoms with Crippen molar-refractivity contribution in [2.45, 2.75) is 19.8 Å². The first-order valence-electron chi connectivity index (χ1n) is 8.10. The molecule has 1 saturated heterocycles. The quantitative estimate of drug-likeness (QED) is 0.751. The zero-order chi connectivity index (χ0) is 16.9. The molecule has 3 rings (SSSR count). The molecule has 0 aromatic heterocycles. The van der Waals surface area contributed by atoms with E-state index in [-0.39, 0.29) is 6.09 Å². The Balaban J connectivity index is 1.56. The van der Waals surface area contributed by atoms with Crippen molar-refractivity contribution in [3.63, 3.8) is 0 Å². The maximum Gasteiger partial charge on any atom is 0.415 e. The zero-order valence-corrected chi connectivity index (χ0v) is 14.3. The van der Waals surface area contributed by atoms with Gasteiger partial charge in [-0.15, -0.1) is 0 Å². The summed E-state index contributed by atoms with van der Waals surface area (Å²) < 4.78 is 11.1. The van der Waals surface area contributed by atoms with E-state index in [1.165, 1.54) is 0 Å². The van der Waals surface area contributed by atoms with Gasteiger partial charge >= 0.3 is 6.09 Å². The number of nitrogens with zero attached hydrogens (tertiary/aromatic N) is 1. The van der Waals surface area contributed by atoms with E-state index in [9.17, 15) is 4.79 Å². The molecule has 0 spiro atoms. The van der Waals surface area contributed by atoms with Crippen molar-refractivity contribution in [3.8, 4) is 17.2 Å². The van der Waals surface area contributed by atoms with Crippen LogP contribution in [0.4, 0.5) is 4.79 Å². The summed E-state index contributed by atoms with van der Waals surface area (Å²) in [5, 5.41) is 0.664. The van der Waals surface area contributed by atoms with Crippen molar-refractivity contribution >= 4 is 17.7 Å². The highest BCUT2D eigenvalue weighted by Crippen LogP contribution is 2.25. The molecule has 0 atom stereocenters. The monoisotopic (exact) mass is 345 g/mol. The average Bonchev–Trinajstić information content (AvgIpc) is 2.59. The molecule has 1 fully saturated rings. The molecule has 1 aliphatic rings. The van der Waals surface area contributed by atoms with Crippen LogP contribution in [0.25, 0.3) is 0 Å². The largest absolute Gasteiger partial charge is 0.457 e. The molecule has 24 heavy (non-hydrogen) atoms. The Morgan fingerprint density at radius 1 is 0.958 bits per heavy atom. The standard InChI is InChI=1S/C19H20ClNO3/c1-14-10-12-21(13-11-14)19(22)24-18-8-6-17(7-9-18)23-16-4-2-15(20)3-5-16/h2-9,14H,10-13H2,1H3. The third-order valence-corrected chi connectivity index (χ3v) is 4.37. The van der Waals surface area contributed by atoms with Crippen LogP contribution in [-0.4, -0.2) is 24.1 Å². The molecule has 0 unspecified atom stereocenters. The summed E-state index contributed by atoms with van der Waals surface area (Å²) in [5.74, 6) is 2.57. The molecular formula is C19H20ClNO3. The summed E-state index contributed by atoms with van der Waals surface area (Å²) in [5.41, 5.74) is 0. The van der Waals surface area contributed by atoms with Crippen LogP contribution in [0.5, 0.6) is 17.2 Å². The van der Waals surface area contributed by atoms with Crippen molar-refractivity contribution in [1.82, 2.24) is 4.90 Å². The summed E-state index contributed by atoms with van der Waals surface area (Å²) >= 11 is 5.85. The lowest BCUT2D eigenvalue weighted by molar-refractivity contribution is 0.133. The molecule has 1 aliphatic heterocycles. The van der Waals surface area contributed by atoms with Crippen LogP contribution < -0.4 is 9.47 Å². The molecule has 1 amide bonds. The first-order chi connectivity index (χ1) is 11.6. The summed E-state index contributed by atoms with van der Waals surface area (Å²) in [7, 11) is 0. The van der Waals surface area contributed by atoms with E-state index in [4.69, 9.17) is 21.1 Å². The van der Waals surface area contributed by atoms with Gasteiger partial charge < -0.3 is 14.4 Å². The SMILES string of the molecule is CC1CCN(C(=O)Oc2ccc(Oc3ccc(Cl)cc3)cc2)CC1. The number of benzene rings is 2. The van der Waals surface area contributed by atoms with Gasteiger partial charge in [-0.05, 0) is 67.3 Å². The van der Waals surface area contributed by atoms with Crippen LogP contribution in [0.15, 0.2) is 48.5 Å². The number of piperidine rings is 1. The first kappa shape index (κ1) is 16.7. The van der Waals surface area contributed by atoms with E-state index < -0.39 is 0 Å². The molecule has 4 nitrogen and oxygen atoms in total. The highest BCUT2D eigenvalue weighted by atomic mass is 35.5. The minimum absolute atomic E-state index is 0.284. The van der Waals surface area contributed by atoms with Gasteiger partial charge in [0.25, 0.3) is 0 Å². The van der Waals surface area contributed by atoms with Crippen LogP contribution in [-0.2, 0) is 0 Å². The Bertz CT molecular complexity index is 677. The van der Waals surface area contributed by atoms with Gasteiger partial charge in [0.15, 0.2) is 0 Å². The van der Waals surface area contributed by atoms with Crippen molar-refractivity contribution < 1.29 is 14.3 Å². The highest BCUT2D eigenvalue weighted by Gasteiger charge is 2.21. The van der Waals surface area contributed by atoms with Gasteiger partial charge in [0.2, 0.25) is 0 Å². The van der Waals surface area contributed by atoms with Gasteiger partial charge in [0.05, 0.1) is 0 Å². The molecular weight excluding hydrogens is 326 g/mol. The Labute approximate surface area is 146 Å². The number of ether oxygens (including phenoxy) is 2. The van der Waals surface area contributed by atoms with Crippen molar-refractivity contribution in [3.05, 3.63) is 53.6 Å². The fraction of sp³-hybridized carbons (Fsp3) is 0.316. The smallest absolute Gasteiger partial charge is 0.415 e. The fourth-order valence-electron chi connectivity index (χ4n) is 2.57. The third kappa shape index (κ3) is 4.42. The van der Waals surface area contributed by atoms with E-state index in [0.29, 0.717) is 28.2 Å². The van der Waals surface area contributed by atoms with Crippen molar-refractivity contribution in [2.24, 2.45) is 5.92 Å². The van der Waals surface area contributed by atoms with Crippen LogP contribution in [0, 0.1) is 5.92 Å². The summed E-state index contributed by atoms with van der Waals surface area (Å²) in [4.78, 5) is 13.9. The van der Waals surface area contributed by atoms with Gasteiger partial charge in [-0.2, -0.15) is 0 Å². The molecule has 126 valence electrons. The van der Waals surface area contributed by atoms with Crippen molar-refractivity contribution in [1.29, 1.82) is 0 Å². The van der Waals surface area contributed by atoms with Gasteiger partial charge in [-0.25, -0.2) is 4.79 Å². The number of hydrogen-bond acceptors (Lipinski definition) is 3. The molecule has 2 aromatic rings. The highest BCUT2D eigenvalue weighted by molar-refractivity contribution is 6.30. The van der Waals surface area contributed by atoms with E-state index in [1.54, 1.807) is 53.4 Å². The topological polar surface area (TPSA) is 38.8 Å². The van der Waals surface area contributed by atoms with Gasteiger partial charge in [0.1, 0.15) is 17.2 Å². The molecule has 5 heteroatoms. The minimum Gasteiger partial charge on any atom is -0.457 e. The second-order valence-corrected chi connectivity index (χ2v) is 6.50. The molecule has 2 aromatic carbocycles. The van der Waals surface area contributed by atoms with E-state index in [0.717, 1.165) is 25.9 Å². The second kappa shape index (κ2) is 7.58. The number of carbonyl (C=O) groups excluding carboxylic acids is 1. The number of likely N-dealkylation sites (tertiary alicyclic amines) is 1. The normalized spacial score (nSPS) is 15.2. The van der Waals surface area contributed by atoms with Crippen LogP contribution >= 0.6 is 11.6 Å². The number of hydrogen-bond donors (Lipinski definition) is 0. The Morgan fingerprint density at radius 2 is 1.46 bits per heavy atom. The second-order valence-electron chi connectivity index (χ2n) is 6.06. The molecule has 0 bridgehead atoms. The Kier molecular flexibility index (Phi) is 5.26. The van der Waals surface area contributed by atoms with Crippen molar-refractivity contribution in [2.75, 3.05) is 13.1 Å². The molecule has 0 N–H and O–H groups in total. The Hall–Kier alpha value is -2.20. The first-order valence-corrected chi connectivity index (χ1v) is 8.48. The van der Waals surface area contributed by atoms with Crippen LogP contribution in [0.2, 0.25) is 5.02 Å². The number of halogens is 1. The minimum atomic E-state index is -0.284. The summed E-state index contributed by atoms with van der Waals surface area (Å²) in [6, 6.07) is 14.1. The van der Waals surface area contributed by atoms with Crippen LogP contribution in [0.3, 0.4) is 0 Å². The van der Waals surface area contributed by atoms with E-state index in [2.05, 4.69) is 6.92 Å². The number of rotatable bonds is 3. The molecule has 0 aliphatic carbocycles. The Morgan fingerprint density at radius 3 is 2.04 bits per heavy atom. The lowest BCUT2D eigenvalue weighted by atomic mass is 10.00. The average molecular weight is 346 g/mol. The predicted octanol–water partition coefficient (Wildman–Crippen LogP) is 5.36. The van der Waals surface area contributed by atoms with Crippen LogP contribution in [0.1, 0.15) is 19.8 Å². The maximum absolute atomic E-state index is 12.1. The third-order valence-electron chi connectivity index (χ3n) is 4.12. The van der Waals surface area contributed by atoms with Gasteiger partial charge in [-0.3, -0.25) is 0 Å². The lowest BCUT2D eigenvalue weighted by Gasteiger charge is -2.29. The maximum atomic E-state index is 12.1. The molecule has 0 radical (unpaired) electrons. The fourth-order valence-corrected chi connectivity index (χ4v) is 2.70. The van der Waals surface area contributed by atoms with E-state index >= 15 is 0 Å². The zero-order valence-electron chi connectivity index (χ0n) is 13.6. The number of amides is 1. The van der Waals surface area contributed by atoms with Gasteiger partial charge in [-0.1, -0.05) is 18.5 Å². The van der Waals surface area contributed by atoms with E-state index in [1.807, 2.05) is 0 Å². The number of carbonyl (C=O) groups is 1. The van der Waals surface area contributed by atoms with Gasteiger partial charge in [0, 0.05) is 18.1 Å². The summed E-state index contributed by atoms with van der Waals surface area (Å²) in [6.45, 7) is 3.73. The predicted molar refractivity (Wildman–Crippen MR) is 94.0 cm³/mol. The summed E-state index contributed by atoms with van der Waals surface area (Å²) in [6.07, 6.45) is 1.78.